The molecule has 0 fully saturated rings. The third kappa shape index (κ3) is 10.2. The Bertz CT molecular complexity index is 107. The van der Waals surface area contributed by atoms with Gasteiger partial charge in [0.1, 0.15) is 0 Å². The molecule has 0 bridgehead atoms. The Morgan fingerprint density at radius 3 is 1.90 bits per heavy atom. The maximum Gasteiger partial charge on any atom is 0.367 e. The molecule has 1 N–H and O–H groups in total. The van der Waals surface area contributed by atoms with Crippen molar-refractivity contribution in [3.05, 3.63) is 12.2 Å². The van der Waals surface area contributed by atoms with Crippen LogP contribution < -0.4 is 0 Å². The van der Waals surface area contributed by atoms with Gasteiger partial charge in [0, 0.05) is 5.57 Å². The second-order valence-electron chi connectivity index (χ2n) is 1.87. The lowest BCUT2D eigenvalue weighted by atomic mass is 10.4. The molecule has 60 valence electrons. The van der Waals surface area contributed by atoms with Crippen molar-refractivity contribution in [2.24, 2.45) is 0 Å². The molecule has 0 atom stereocenters. The Morgan fingerprint density at radius 2 is 1.90 bits per heavy atom. The van der Waals surface area contributed by atoms with Gasteiger partial charge in [-0.3, -0.25) is 4.89 Å². The van der Waals surface area contributed by atoms with E-state index in [9.17, 15) is 4.79 Å². The topological polar surface area (TPSA) is 46.5 Å². The summed E-state index contributed by atoms with van der Waals surface area (Å²) in [6.45, 7) is 8.88. The molecule has 0 rings (SSSR count). The lowest BCUT2D eigenvalue weighted by Crippen LogP contribution is -1.99. The van der Waals surface area contributed by atoms with Gasteiger partial charge in [-0.25, -0.2) is 4.79 Å². The lowest BCUT2D eigenvalue weighted by molar-refractivity contribution is -0.229. The predicted molar refractivity (Wildman–Crippen MR) is 39.5 cm³/mol. The smallest absolute Gasteiger partial charge is 0.296 e. The zero-order valence-electron chi connectivity index (χ0n) is 6.68. The van der Waals surface area contributed by atoms with E-state index in [1.807, 2.05) is 0 Å². The van der Waals surface area contributed by atoms with E-state index in [-0.39, 0.29) is 5.57 Å². The molecule has 0 aromatic carbocycles. The Kier molecular flexibility index (Phi) is 9.73. The van der Waals surface area contributed by atoms with E-state index >= 15 is 0 Å². The van der Waals surface area contributed by atoms with Gasteiger partial charge in [0.05, 0.1) is 0 Å². The molecule has 0 aromatic rings. The number of carbonyl (C=O) groups excluding carboxylic acids is 1. The number of rotatable bonds is 1. The van der Waals surface area contributed by atoms with Crippen molar-refractivity contribution in [1.82, 2.24) is 0 Å². The van der Waals surface area contributed by atoms with E-state index in [4.69, 9.17) is 5.26 Å². The van der Waals surface area contributed by atoms with Crippen LogP contribution in [-0.4, -0.2) is 11.2 Å². The molecular weight excluding hydrogens is 132 g/mol. The Balaban J connectivity index is 0. The summed E-state index contributed by atoms with van der Waals surface area (Å²) in [6.07, 6.45) is 1.25. The molecule has 0 aromatic heterocycles. The van der Waals surface area contributed by atoms with Crippen LogP contribution >= 0.6 is 0 Å². The zero-order valence-corrected chi connectivity index (χ0v) is 6.68. The average molecular weight is 146 g/mol. The van der Waals surface area contributed by atoms with E-state index < -0.39 is 5.97 Å². The van der Waals surface area contributed by atoms with Crippen LogP contribution in [0.4, 0.5) is 0 Å². The first-order valence-electron chi connectivity index (χ1n) is 3.11. The van der Waals surface area contributed by atoms with Gasteiger partial charge in [-0.2, -0.15) is 5.26 Å². The Morgan fingerprint density at radius 1 is 1.60 bits per heavy atom. The first kappa shape index (κ1) is 11.9. The average Bonchev–Trinajstić information content (AvgIpc) is 1.88. The Hall–Kier alpha value is -0.830. The van der Waals surface area contributed by atoms with Crippen molar-refractivity contribution in [3.63, 3.8) is 0 Å². The van der Waals surface area contributed by atoms with E-state index in [2.05, 4.69) is 25.3 Å². The highest BCUT2D eigenvalue weighted by molar-refractivity contribution is 5.86. The molecule has 3 nitrogen and oxygen atoms in total. The summed E-state index contributed by atoms with van der Waals surface area (Å²) in [5, 5.41) is 7.59. The molecule has 10 heavy (non-hydrogen) atoms. The van der Waals surface area contributed by atoms with E-state index in [0.717, 1.165) is 0 Å². The van der Waals surface area contributed by atoms with Gasteiger partial charge in [0.2, 0.25) is 0 Å². The maximum atomic E-state index is 9.94. The summed E-state index contributed by atoms with van der Waals surface area (Å²) in [4.78, 5) is 13.2. The predicted octanol–water partition coefficient (Wildman–Crippen LogP) is 1.99. The quantitative estimate of drug-likeness (QED) is 0.349. The minimum absolute atomic E-state index is 0.183. The number of hydrogen-bond acceptors (Lipinski definition) is 3. The first-order valence-corrected chi connectivity index (χ1v) is 3.11. The standard InChI is InChI=1S/C4H6O3.C3H8/c1-3(2)4(5)7-6;1-3-2/h6H,1H2,2H3;3H2,1-2H3. The largest absolute Gasteiger partial charge is 0.367 e. The van der Waals surface area contributed by atoms with Crippen LogP contribution in [0, 0.1) is 0 Å². The van der Waals surface area contributed by atoms with Crippen LogP contribution in [0.25, 0.3) is 0 Å². The van der Waals surface area contributed by atoms with Crippen molar-refractivity contribution in [2.45, 2.75) is 27.2 Å². The summed E-state index contributed by atoms with van der Waals surface area (Å²) in [6, 6.07) is 0. The summed E-state index contributed by atoms with van der Waals surface area (Å²) < 4.78 is 0. The van der Waals surface area contributed by atoms with Gasteiger partial charge in [-0.1, -0.05) is 26.8 Å². The highest BCUT2D eigenvalue weighted by atomic mass is 17.1. The Labute approximate surface area is 61.2 Å². The van der Waals surface area contributed by atoms with Gasteiger partial charge in [-0.15, -0.1) is 0 Å². The van der Waals surface area contributed by atoms with Crippen LogP contribution in [0.2, 0.25) is 0 Å². The van der Waals surface area contributed by atoms with Crippen molar-refractivity contribution >= 4 is 5.97 Å². The van der Waals surface area contributed by atoms with Gasteiger partial charge in [-0.05, 0) is 6.92 Å². The van der Waals surface area contributed by atoms with Crippen LogP contribution in [0.3, 0.4) is 0 Å². The zero-order chi connectivity index (χ0) is 8.57. The van der Waals surface area contributed by atoms with Crippen LogP contribution in [0.15, 0.2) is 12.2 Å². The molecule has 0 radical (unpaired) electrons. The third-order valence-corrected chi connectivity index (χ3v) is 0.431. The normalized spacial score (nSPS) is 7.20. The molecule has 0 aliphatic carbocycles. The van der Waals surface area contributed by atoms with Crippen molar-refractivity contribution in [3.8, 4) is 0 Å². The summed E-state index contributed by atoms with van der Waals surface area (Å²) in [5.41, 5.74) is 0.183. The fourth-order valence-corrected chi connectivity index (χ4v) is 0.0779. The second kappa shape index (κ2) is 8.17. The van der Waals surface area contributed by atoms with Crippen molar-refractivity contribution in [2.75, 3.05) is 0 Å². The minimum atomic E-state index is -0.792. The van der Waals surface area contributed by atoms with E-state index in [0.29, 0.717) is 0 Å². The lowest BCUT2D eigenvalue weighted by Gasteiger charge is -1.88. The molecule has 0 unspecified atom stereocenters. The van der Waals surface area contributed by atoms with Crippen LogP contribution in [-0.2, 0) is 9.68 Å². The minimum Gasteiger partial charge on any atom is -0.296 e. The van der Waals surface area contributed by atoms with Crippen LogP contribution in [0.5, 0.6) is 0 Å². The van der Waals surface area contributed by atoms with Gasteiger partial charge >= 0.3 is 5.97 Å². The summed E-state index contributed by atoms with van der Waals surface area (Å²) >= 11 is 0. The van der Waals surface area contributed by atoms with Crippen molar-refractivity contribution in [1.29, 1.82) is 0 Å². The molecular formula is C7H14O3. The fraction of sp³-hybridized carbons (Fsp3) is 0.571. The second-order valence-corrected chi connectivity index (χ2v) is 1.87. The molecule has 0 amide bonds. The van der Waals surface area contributed by atoms with Crippen LogP contribution in [0.1, 0.15) is 27.2 Å². The molecule has 0 saturated carbocycles. The maximum absolute atomic E-state index is 9.94. The molecule has 0 aliphatic rings. The molecule has 0 heterocycles. The summed E-state index contributed by atoms with van der Waals surface area (Å²) in [5.74, 6) is -0.792. The highest BCUT2D eigenvalue weighted by Crippen LogP contribution is 1.86. The molecule has 3 heteroatoms. The monoisotopic (exact) mass is 146 g/mol. The van der Waals surface area contributed by atoms with Gasteiger partial charge < -0.3 is 0 Å². The SMILES string of the molecule is C=C(C)C(=O)OO.CCC. The molecule has 0 spiro atoms. The van der Waals surface area contributed by atoms with Crippen molar-refractivity contribution < 1.29 is 14.9 Å². The number of carbonyl (C=O) groups is 1. The number of hydrogen-bond donors (Lipinski definition) is 1. The van der Waals surface area contributed by atoms with E-state index in [1.165, 1.54) is 13.3 Å². The summed E-state index contributed by atoms with van der Waals surface area (Å²) in [7, 11) is 0. The first-order chi connectivity index (χ1) is 4.59. The highest BCUT2D eigenvalue weighted by Gasteiger charge is 1.98. The fourth-order valence-electron chi connectivity index (χ4n) is 0.0779. The molecule has 0 saturated heterocycles. The van der Waals surface area contributed by atoms with E-state index in [1.54, 1.807) is 0 Å². The van der Waals surface area contributed by atoms with Gasteiger partial charge in [0.25, 0.3) is 0 Å². The third-order valence-electron chi connectivity index (χ3n) is 0.431. The van der Waals surface area contributed by atoms with Gasteiger partial charge in [0.15, 0.2) is 0 Å². The molecule has 0 aliphatic heterocycles.